The Balaban J connectivity index is 2.67. The first-order chi connectivity index (χ1) is 9.08. The number of primary amides is 1. The minimum atomic E-state index is -0.514. The molecule has 0 heterocycles. The van der Waals surface area contributed by atoms with E-state index in [0.717, 1.165) is 0 Å². The van der Waals surface area contributed by atoms with Crippen LogP contribution in [0, 0.1) is 5.82 Å². The number of rotatable bonds is 8. The maximum absolute atomic E-state index is 13.7. The zero-order valence-electron chi connectivity index (χ0n) is 11.1. The molecule has 5 nitrogen and oxygen atoms in total. The molecule has 0 aliphatic carbocycles. The average molecular weight is 270 g/mol. The second-order valence-electron chi connectivity index (χ2n) is 3.99. The molecule has 0 unspecified atom stereocenters. The maximum Gasteiger partial charge on any atom is 0.239 e. The molecule has 0 aliphatic heterocycles. The number of hydrogen-bond donors (Lipinski definition) is 2. The Morgan fingerprint density at radius 2 is 2.21 bits per heavy atom. The predicted molar refractivity (Wildman–Crippen MR) is 70.7 cm³/mol. The Labute approximate surface area is 111 Å². The van der Waals surface area contributed by atoms with E-state index in [1.165, 1.54) is 12.1 Å². The van der Waals surface area contributed by atoms with Crippen molar-refractivity contribution in [1.82, 2.24) is 0 Å². The Hall–Kier alpha value is -1.82. The normalized spacial score (nSPS) is 11.9. The number of anilines is 1. The monoisotopic (exact) mass is 270 g/mol. The molecule has 1 aromatic rings. The van der Waals surface area contributed by atoms with Crippen LogP contribution in [0.25, 0.3) is 0 Å². The largest absolute Gasteiger partial charge is 0.488 e. The van der Waals surface area contributed by atoms with Crippen molar-refractivity contribution in [2.45, 2.75) is 19.4 Å². The summed E-state index contributed by atoms with van der Waals surface area (Å²) in [7, 11) is 1.54. The number of carbonyl (C=O) groups is 1. The van der Waals surface area contributed by atoms with Crippen molar-refractivity contribution in [2.75, 3.05) is 25.6 Å². The Morgan fingerprint density at radius 3 is 2.74 bits per heavy atom. The van der Waals surface area contributed by atoms with Crippen molar-refractivity contribution in [1.29, 1.82) is 0 Å². The van der Waals surface area contributed by atoms with Gasteiger partial charge in [0.25, 0.3) is 0 Å². The third-order valence-electron chi connectivity index (χ3n) is 2.57. The van der Waals surface area contributed by atoms with Crippen molar-refractivity contribution in [3.63, 3.8) is 0 Å². The fourth-order valence-electron chi connectivity index (χ4n) is 1.52. The summed E-state index contributed by atoms with van der Waals surface area (Å²) in [6, 6.07) is 3.89. The zero-order valence-corrected chi connectivity index (χ0v) is 11.1. The highest BCUT2D eigenvalue weighted by atomic mass is 19.1. The Bertz CT molecular complexity index is 426. The smallest absolute Gasteiger partial charge is 0.239 e. The summed E-state index contributed by atoms with van der Waals surface area (Å²) in [5.74, 6) is -0.821. The van der Waals surface area contributed by atoms with E-state index in [1.54, 1.807) is 13.2 Å². The van der Waals surface area contributed by atoms with Crippen LogP contribution in [-0.2, 0) is 9.53 Å². The molecule has 19 heavy (non-hydrogen) atoms. The lowest BCUT2D eigenvalue weighted by Gasteiger charge is -2.15. The van der Waals surface area contributed by atoms with E-state index in [4.69, 9.17) is 15.2 Å². The van der Waals surface area contributed by atoms with E-state index in [9.17, 15) is 9.18 Å². The van der Waals surface area contributed by atoms with Crippen LogP contribution in [-0.4, -0.2) is 32.3 Å². The van der Waals surface area contributed by atoms with Gasteiger partial charge in [-0.3, -0.25) is 4.79 Å². The molecular weight excluding hydrogens is 251 g/mol. The van der Waals surface area contributed by atoms with Crippen LogP contribution in [0.5, 0.6) is 5.75 Å². The standard InChI is InChI=1S/C13H19FN2O3/c1-3-11(13(15)17)16-9-4-5-12(10(14)8-9)19-7-6-18-2/h4-5,8,11,16H,3,6-7H2,1-2H3,(H2,15,17)/t11-/m0/s1. The van der Waals surface area contributed by atoms with Crippen molar-refractivity contribution in [2.24, 2.45) is 5.73 Å². The lowest BCUT2D eigenvalue weighted by molar-refractivity contribution is -0.118. The van der Waals surface area contributed by atoms with Crippen molar-refractivity contribution >= 4 is 11.6 Å². The summed E-state index contributed by atoms with van der Waals surface area (Å²) in [6.45, 7) is 2.49. The number of nitrogens with two attached hydrogens (primary N) is 1. The predicted octanol–water partition coefficient (Wildman–Crippen LogP) is 1.53. The fourth-order valence-corrected chi connectivity index (χ4v) is 1.52. The van der Waals surface area contributed by atoms with Gasteiger partial charge in [-0.25, -0.2) is 4.39 Å². The first-order valence-electron chi connectivity index (χ1n) is 6.05. The van der Waals surface area contributed by atoms with Crippen LogP contribution in [0.4, 0.5) is 10.1 Å². The second-order valence-corrected chi connectivity index (χ2v) is 3.99. The number of nitrogens with one attached hydrogen (secondary N) is 1. The molecule has 0 aromatic heterocycles. The van der Waals surface area contributed by atoms with Crippen LogP contribution < -0.4 is 15.8 Å². The highest BCUT2D eigenvalue weighted by Gasteiger charge is 2.13. The van der Waals surface area contributed by atoms with Crippen LogP contribution in [0.1, 0.15) is 13.3 Å². The van der Waals surface area contributed by atoms with Gasteiger partial charge in [0.2, 0.25) is 5.91 Å². The number of carbonyl (C=O) groups excluding carboxylic acids is 1. The highest BCUT2D eigenvalue weighted by Crippen LogP contribution is 2.21. The molecule has 1 atom stereocenters. The lowest BCUT2D eigenvalue weighted by atomic mass is 10.2. The zero-order chi connectivity index (χ0) is 14.3. The summed E-state index contributed by atoms with van der Waals surface area (Å²) in [4.78, 5) is 11.1. The van der Waals surface area contributed by atoms with Gasteiger partial charge in [-0.05, 0) is 18.6 Å². The molecule has 6 heteroatoms. The summed E-state index contributed by atoms with van der Waals surface area (Å²) in [5, 5.41) is 2.87. The number of ether oxygens (including phenoxy) is 2. The minimum Gasteiger partial charge on any atom is -0.488 e. The third-order valence-corrected chi connectivity index (χ3v) is 2.57. The van der Waals surface area contributed by atoms with E-state index < -0.39 is 17.8 Å². The highest BCUT2D eigenvalue weighted by molar-refractivity contribution is 5.82. The summed E-state index contributed by atoms with van der Waals surface area (Å²) in [5.41, 5.74) is 5.70. The summed E-state index contributed by atoms with van der Waals surface area (Å²) < 4.78 is 23.7. The second kappa shape index (κ2) is 7.58. The quantitative estimate of drug-likeness (QED) is 0.702. The number of methoxy groups -OCH3 is 1. The Kier molecular flexibility index (Phi) is 6.08. The number of halogens is 1. The van der Waals surface area contributed by atoms with Crippen molar-refractivity contribution in [3.8, 4) is 5.75 Å². The average Bonchev–Trinajstić information content (AvgIpc) is 2.38. The van der Waals surface area contributed by atoms with Crippen LogP contribution in [0.15, 0.2) is 18.2 Å². The van der Waals surface area contributed by atoms with Gasteiger partial charge < -0.3 is 20.5 Å². The summed E-state index contributed by atoms with van der Waals surface area (Å²) >= 11 is 0. The van der Waals surface area contributed by atoms with Gasteiger partial charge in [0, 0.05) is 18.9 Å². The molecule has 0 radical (unpaired) electrons. The van der Waals surface area contributed by atoms with Crippen LogP contribution >= 0.6 is 0 Å². The molecule has 1 amide bonds. The minimum absolute atomic E-state index is 0.148. The summed E-state index contributed by atoms with van der Waals surface area (Å²) in [6.07, 6.45) is 0.531. The molecule has 0 spiro atoms. The van der Waals surface area contributed by atoms with Gasteiger partial charge in [-0.15, -0.1) is 0 Å². The number of benzene rings is 1. The fraction of sp³-hybridized carbons (Fsp3) is 0.462. The molecular formula is C13H19FN2O3. The molecule has 0 aliphatic rings. The van der Waals surface area contributed by atoms with E-state index >= 15 is 0 Å². The molecule has 3 N–H and O–H groups in total. The molecule has 1 aromatic carbocycles. The lowest BCUT2D eigenvalue weighted by Crippen LogP contribution is -2.34. The van der Waals surface area contributed by atoms with E-state index in [0.29, 0.717) is 18.7 Å². The van der Waals surface area contributed by atoms with Crippen molar-refractivity contribution in [3.05, 3.63) is 24.0 Å². The SMILES string of the molecule is CC[C@H](Nc1ccc(OCCOC)c(F)c1)C(N)=O. The van der Waals surface area contributed by atoms with Gasteiger partial charge in [-0.2, -0.15) is 0 Å². The van der Waals surface area contributed by atoms with E-state index in [-0.39, 0.29) is 12.4 Å². The van der Waals surface area contributed by atoms with E-state index in [1.807, 2.05) is 6.92 Å². The molecule has 0 saturated carbocycles. The molecule has 1 rings (SSSR count). The number of hydrogen-bond acceptors (Lipinski definition) is 4. The molecule has 106 valence electrons. The number of amides is 1. The topological polar surface area (TPSA) is 73.6 Å². The van der Waals surface area contributed by atoms with Gasteiger partial charge >= 0.3 is 0 Å². The first kappa shape index (κ1) is 15.2. The van der Waals surface area contributed by atoms with Gasteiger partial charge in [0.1, 0.15) is 12.6 Å². The molecule has 0 fully saturated rings. The van der Waals surface area contributed by atoms with Gasteiger partial charge in [0.15, 0.2) is 11.6 Å². The van der Waals surface area contributed by atoms with Crippen LogP contribution in [0.2, 0.25) is 0 Å². The van der Waals surface area contributed by atoms with Crippen LogP contribution in [0.3, 0.4) is 0 Å². The van der Waals surface area contributed by atoms with E-state index in [2.05, 4.69) is 5.32 Å². The molecule has 0 saturated heterocycles. The molecule has 0 bridgehead atoms. The van der Waals surface area contributed by atoms with Crippen molar-refractivity contribution < 1.29 is 18.7 Å². The third kappa shape index (κ3) is 4.75. The first-order valence-corrected chi connectivity index (χ1v) is 6.05. The Morgan fingerprint density at radius 1 is 1.47 bits per heavy atom. The van der Waals surface area contributed by atoms with Gasteiger partial charge in [-0.1, -0.05) is 6.92 Å². The maximum atomic E-state index is 13.7. The van der Waals surface area contributed by atoms with Gasteiger partial charge in [0.05, 0.1) is 6.61 Å².